The topological polar surface area (TPSA) is 29.5 Å². The van der Waals surface area contributed by atoms with Gasteiger partial charge in [-0.1, -0.05) is 41.5 Å². The third-order valence-electron chi connectivity index (χ3n) is 3.57. The molecule has 0 aliphatic rings. The molecule has 0 saturated heterocycles. The van der Waals surface area contributed by atoms with E-state index < -0.39 is 6.29 Å². The molecular formula is C13H30O2Si. The first-order valence-corrected chi connectivity index (χ1v) is 7.86. The van der Waals surface area contributed by atoms with Crippen molar-refractivity contribution in [2.75, 3.05) is 6.61 Å². The highest BCUT2D eigenvalue weighted by atomic mass is 28.1. The lowest BCUT2D eigenvalue weighted by atomic mass is 9.63. The second-order valence-corrected chi connectivity index (χ2v) is 7.49. The largest absolute Gasteiger partial charge is 0.367 e. The summed E-state index contributed by atoms with van der Waals surface area (Å²) in [5, 5.41) is 10.3. The fourth-order valence-electron chi connectivity index (χ4n) is 2.04. The minimum Gasteiger partial charge on any atom is -0.367 e. The molecule has 0 aliphatic carbocycles. The molecule has 98 valence electrons. The van der Waals surface area contributed by atoms with Crippen molar-refractivity contribution in [1.29, 1.82) is 0 Å². The third-order valence-corrected chi connectivity index (χ3v) is 3.98. The van der Waals surface area contributed by atoms with E-state index in [2.05, 4.69) is 41.5 Å². The van der Waals surface area contributed by atoms with Crippen LogP contribution in [-0.4, -0.2) is 28.2 Å². The molecule has 0 heterocycles. The van der Waals surface area contributed by atoms with Crippen LogP contribution < -0.4 is 0 Å². The molecule has 16 heavy (non-hydrogen) atoms. The molecule has 0 aromatic rings. The number of ether oxygens (including phenoxy) is 1. The van der Waals surface area contributed by atoms with Crippen molar-refractivity contribution in [3.05, 3.63) is 0 Å². The Kier molecular flexibility index (Phi) is 6.23. The highest BCUT2D eigenvalue weighted by molar-refractivity contribution is 6.08. The van der Waals surface area contributed by atoms with E-state index in [0.29, 0.717) is 12.5 Å². The second-order valence-electron chi connectivity index (χ2n) is 6.49. The summed E-state index contributed by atoms with van der Waals surface area (Å²) in [5.74, 6) is 0.568. The van der Waals surface area contributed by atoms with Gasteiger partial charge in [0.1, 0.15) is 0 Å². The highest BCUT2D eigenvalue weighted by Gasteiger charge is 2.44. The Labute approximate surface area is 104 Å². The van der Waals surface area contributed by atoms with Crippen molar-refractivity contribution in [2.45, 2.75) is 60.3 Å². The predicted molar refractivity (Wildman–Crippen MR) is 73.7 cm³/mol. The first-order valence-electron chi connectivity index (χ1n) is 6.44. The minimum atomic E-state index is -0.649. The number of aliphatic hydroxyl groups excluding tert-OH is 1. The van der Waals surface area contributed by atoms with E-state index in [4.69, 9.17) is 4.74 Å². The molecule has 0 aromatic heterocycles. The van der Waals surface area contributed by atoms with Crippen LogP contribution in [0, 0.1) is 16.7 Å². The standard InChI is InChI=1S/C13H30O2Si/c1-10(2)9-13(6,12(3,4)5)11(14)15-7-8-16/h10-11,14H,7-9H2,1-6,16H3. The Bertz CT molecular complexity index is 199. The van der Waals surface area contributed by atoms with Crippen molar-refractivity contribution in [3.63, 3.8) is 0 Å². The zero-order valence-electron chi connectivity index (χ0n) is 12.1. The number of rotatable bonds is 6. The summed E-state index contributed by atoms with van der Waals surface area (Å²) in [7, 11) is 1.13. The van der Waals surface area contributed by atoms with E-state index in [-0.39, 0.29) is 10.8 Å². The van der Waals surface area contributed by atoms with Crippen molar-refractivity contribution in [2.24, 2.45) is 16.7 Å². The molecule has 2 unspecified atom stereocenters. The average molecular weight is 246 g/mol. The Balaban J connectivity index is 4.78. The van der Waals surface area contributed by atoms with E-state index in [1.165, 1.54) is 0 Å². The van der Waals surface area contributed by atoms with Crippen LogP contribution in [0.3, 0.4) is 0 Å². The van der Waals surface area contributed by atoms with Crippen LogP contribution in [0.1, 0.15) is 48.0 Å². The van der Waals surface area contributed by atoms with Crippen LogP contribution in [0.2, 0.25) is 6.04 Å². The molecule has 0 rings (SSSR count). The SMILES string of the molecule is CC(C)CC(C)(C(O)OCC[SiH3])C(C)(C)C. The maximum Gasteiger partial charge on any atom is 0.160 e. The summed E-state index contributed by atoms with van der Waals surface area (Å²) in [6.45, 7) is 13.8. The molecule has 0 bridgehead atoms. The van der Waals surface area contributed by atoms with Crippen molar-refractivity contribution < 1.29 is 9.84 Å². The predicted octanol–water partition coefficient (Wildman–Crippen LogP) is 2.20. The van der Waals surface area contributed by atoms with Gasteiger partial charge in [0.2, 0.25) is 0 Å². The molecule has 1 N–H and O–H groups in total. The number of hydrogen-bond donors (Lipinski definition) is 1. The van der Waals surface area contributed by atoms with E-state index >= 15 is 0 Å². The van der Waals surface area contributed by atoms with Gasteiger partial charge in [0.15, 0.2) is 6.29 Å². The van der Waals surface area contributed by atoms with Crippen molar-refractivity contribution in [3.8, 4) is 0 Å². The zero-order valence-corrected chi connectivity index (χ0v) is 14.1. The van der Waals surface area contributed by atoms with Crippen molar-refractivity contribution in [1.82, 2.24) is 0 Å². The monoisotopic (exact) mass is 246 g/mol. The van der Waals surface area contributed by atoms with Gasteiger partial charge in [-0.2, -0.15) is 0 Å². The van der Waals surface area contributed by atoms with Gasteiger partial charge in [-0.3, -0.25) is 0 Å². The Morgan fingerprint density at radius 2 is 1.69 bits per heavy atom. The van der Waals surface area contributed by atoms with Crippen LogP contribution in [0.15, 0.2) is 0 Å². The van der Waals surface area contributed by atoms with Gasteiger partial charge in [0.05, 0.1) is 0 Å². The van der Waals surface area contributed by atoms with E-state index in [0.717, 1.165) is 22.7 Å². The van der Waals surface area contributed by atoms with Crippen LogP contribution in [-0.2, 0) is 4.74 Å². The Morgan fingerprint density at radius 3 is 2.00 bits per heavy atom. The van der Waals surface area contributed by atoms with Gasteiger partial charge < -0.3 is 9.84 Å². The zero-order chi connectivity index (χ0) is 13.0. The Hall–Kier alpha value is 0.137. The molecule has 0 saturated carbocycles. The third kappa shape index (κ3) is 4.19. The molecule has 2 atom stereocenters. The Morgan fingerprint density at radius 1 is 1.19 bits per heavy atom. The lowest BCUT2D eigenvalue weighted by molar-refractivity contribution is -0.205. The van der Waals surface area contributed by atoms with E-state index in [1.807, 2.05) is 0 Å². The number of hydrogen-bond acceptors (Lipinski definition) is 2. The average Bonchev–Trinajstić information content (AvgIpc) is 2.10. The lowest BCUT2D eigenvalue weighted by Crippen LogP contribution is -2.45. The molecule has 3 heteroatoms. The van der Waals surface area contributed by atoms with E-state index in [9.17, 15) is 5.11 Å². The normalized spacial score (nSPS) is 18.8. The first kappa shape index (κ1) is 16.1. The fourth-order valence-corrected chi connectivity index (χ4v) is 2.27. The minimum absolute atomic E-state index is 0.0435. The lowest BCUT2D eigenvalue weighted by Gasteiger charge is -2.46. The van der Waals surface area contributed by atoms with Gasteiger partial charge >= 0.3 is 0 Å². The van der Waals surface area contributed by atoms with Gasteiger partial charge in [-0.05, 0) is 23.8 Å². The van der Waals surface area contributed by atoms with Crippen LogP contribution in [0.4, 0.5) is 0 Å². The summed E-state index contributed by atoms with van der Waals surface area (Å²) in [4.78, 5) is 0. The summed E-state index contributed by atoms with van der Waals surface area (Å²) in [6, 6.07) is 1.08. The fraction of sp³-hybridized carbons (Fsp3) is 1.00. The molecule has 0 amide bonds. The molecule has 0 aromatic carbocycles. The molecule has 0 spiro atoms. The maximum absolute atomic E-state index is 10.3. The number of aliphatic hydroxyl groups is 1. The molecule has 2 nitrogen and oxygen atoms in total. The summed E-state index contributed by atoms with van der Waals surface area (Å²) in [6.07, 6.45) is 0.336. The molecule has 0 radical (unpaired) electrons. The summed E-state index contributed by atoms with van der Waals surface area (Å²) < 4.78 is 5.57. The van der Waals surface area contributed by atoms with Crippen LogP contribution >= 0.6 is 0 Å². The molecule has 0 aliphatic heterocycles. The molecule has 0 fully saturated rings. The van der Waals surface area contributed by atoms with Gasteiger partial charge in [0, 0.05) is 22.3 Å². The second kappa shape index (κ2) is 6.17. The first-order chi connectivity index (χ1) is 7.15. The summed E-state index contributed by atoms with van der Waals surface area (Å²) >= 11 is 0. The van der Waals surface area contributed by atoms with Gasteiger partial charge in [0.25, 0.3) is 0 Å². The van der Waals surface area contributed by atoms with Crippen molar-refractivity contribution >= 4 is 10.2 Å². The quantitative estimate of drug-likeness (QED) is 0.575. The summed E-state index contributed by atoms with van der Waals surface area (Å²) in [5.41, 5.74) is -0.139. The van der Waals surface area contributed by atoms with Crippen LogP contribution in [0.5, 0.6) is 0 Å². The van der Waals surface area contributed by atoms with E-state index in [1.54, 1.807) is 0 Å². The maximum atomic E-state index is 10.3. The highest BCUT2D eigenvalue weighted by Crippen LogP contribution is 2.46. The molecular weight excluding hydrogens is 216 g/mol. The van der Waals surface area contributed by atoms with Crippen LogP contribution in [0.25, 0.3) is 0 Å². The van der Waals surface area contributed by atoms with Gasteiger partial charge in [-0.25, -0.2) is 0 Å². The smallest absolute Gasteiger partial charge is 0.160 e. The van der Waals surface area contributed by atoms with Gasteiger partial charge in [-0.15, -0.1) is 0 Å².